The van der Waals surface area contributed by atoms with Gasteiger partial charge in [0, 0.05) is 12.4 Å². The van der Waals surface area contributed by atoms with Gasteiger partial charge in [-0.1, -0.05) is 13.5 Å². The molecule has 0 radical (unpaired) electrons. The molecule has 0 heterocycles. The highest BCUT2D eigenvalue weighted by Gasteiger charge is 2.13. The van der Waals surface area contributed by atoms with Crippen LogP contribution in [0.2, 0.25) is 0 Å². The third kappa shape index (κ3) is 4.22. The normalized spacial score (nSPS) is 17.7. The summed E-state index contributed by atoms with van der Waals surface area (Å²) < 4.78 is 0. The van der Waals surface area contributed by atoms with Gasteiger partial charge in [-0.05, 0) is 13.3 Å². The van der Waals surface area contributed by atoms with Crippen LogP contribution in [0, 0.1) is 0 Å². The van der Waals surface area contributed by atoms with Crippen molar-refractivity contribution >= 4 is 17.8 Å². The summed E-state index contributed by atoms with van der Waals surface area (Å²) >= 11 is 5.90. The van der Waals surface area contributed by atoms with Gasteiger partial charge in [0.25, 0.3) is 0 Å². The molecule has 0 saturated carbocycles. The number of halogens is 1. The fourth-order valence-electron chi connectivity index (χ4n) is 0.299. The molecular formula is C7H12ClN. The molecule has 52 valence electrons. The molecule has 0 aliphatic heterocycles. The third-order valence-corrected chi connectivity index (χ3v) is 1.51. The Morgan fingerprint density at radius 3 is 2.67 bits per heavy atom. The fourth-order valence-corrected chi connectivity index (χ4v) is 0.356. The van der Waals surface area contributed by atoms with Gasteiger partial charge in [-0.3, -0.25) is 4.99 Å². The molecule has 0 saturated heterocycles. The summed E-state index contributed by atoms with van der Waals surface area (Å²) in [5.41, 5.74) is 0. The van der Waals surface area contributed by atoms with Crippen LogP contribution in [0.3, 0.4) is 0 Å². The van der Waals surface area contributed by atoms with Crippen LogP contribution in [0.15, 0.2) is 17.8 Å². The maximum absolute atomic E-state index is 5.90. The quantitative estimate of drug-likeness (QED) is 0.428. The molecule has 1 atom stereocenters. The first-order valence-electron chi connectivity index (χ1n) is 2.96. The molecule has 0 bridgehead atoms. The molecule has 0 fully saturated rings. The molecule has 0 unspecified atom stereocenters. The Morgan fingerprint density at radius 1 is 1.78 bits per heavy atom. The minimum absolute atomic E-state index is 0.297. The van der Waals surface area contributed by atoms with Crippen LogP contribution in [0.25, 0.3) is 0 Å². The lowest BCUT2D eigenvalue weighted by molar-refractivity contribution is 0.796. The van der Waals surface area contributed by atoms with E-state index in [0.717, 1.165) is 6.42 Å². The maximum atomic E-state index is 5.90. The lowest BCUT2D eigenvalue weighted by Crippen LogP contribution is -2.15. The molecule has 0 aromatic heterocycles. The molecule has 0 amide bonds. The first-order valence-corrected chi connectivity index (χ1v) is 3.34. The number of hydrogen-bond acceptors (Lipinski definition) is 1. The van der Waals surface area contributed by atoms with Crippen molar-refractivity contribution in [3.8, 4) is 0 Å². The van der Waals surface area contributed by atoms with Crippen molar-refractivity contribution < 1.29 is 0 Å². The third-order valence-electron chi connectivity index (χ3n) is 1.14. The highest BCUT2D eigenvalue weighted by molar-refractivity contribution is 6.31. The summed E-state index contributed by atoms with van der Waals surface area (Å²) in [7, 11) is 0. The highest BCUT2D eigenvalue weighted by Crippen LogP contribution is 2.14. The van der Waals surface area contributed by atoms with Crippen LogP contribution in [-0.2, 0) is 0 Å². The van der Waals surface area contributed by atoms with Gasteiger partial charge < -0.3 is 0 Å². The van der Waals surface area contributed by atoms with E-state index in [1.807, 2.05) is 13.8 Å². The molecule has 0 aromatic rings. The topological polar surface area (TPSA) is 12.4 Å². The Kier molecular flexibility index (Phi) is 3.55. The largest absolute Gasteiger partial charge is 0.268 e. The van der Waals surface area contributed by atoms with Crippen molar-refractivity contribution in [2.45, 2.75) is 25.1 Å². The van der Waals surface area contributed by atoms with Crippen molar-refractivity contribution in [1.29, 1.82) is 0 Å². The Bertz CT molecular complexity index is 116. The maximum Gasteiger partial charge on any atom is 0.0766 e. The zero-order valence-corrected chi connectivity index (χ0v) is 6.65. The second-order valence-electron chi connectivity index (χ2n) is 2.09. The molecule has 0 N–H and O–H groups in total. The molecule has 0 spiro atoms. The van der Waals surface area contributed by atoms with E-state index in [1.165, 1.54) is 6.20 Å². The van der Waals surface area contributed by atoms with Crippen LogP contribution in [0.4, 0.5) is 0 Å². The SMILES string of the molecule is C=CN=C[C@](C)(Cl)CC. The van der Waals surface area contributed by atoms with Gasteiger partial charge in [-0.15, -0.1) is 11.6 Å². The van der Waals surface area contributed by atoms with Crippen LogP contribution in [-0.4, -0.2) is 11.1 Å². The minimum Gasteiger partial charge on any atom is -0.268 e. The number of rotatable bonds is 3. The van der Waals surface area contributed by atoms with E-state index in [0.29, 0.717) is 0 Å². The number of aliphatic imine (C=N–C) groups is 1. The second kappa shape index (κ2) is 3.67. The Morgan fingerprint density at radius 2 is 2.33 bits per heavy atom. The van der Waals surface area contributed by atoms with Crippen molar-refractivity contribution in [3.05, 3.63) is 12.8 Å². The van der Waals surface area contributed by atoms with Gasteiger partial charge in [0.1, 0.15) is 0 Å². The molecule has 0 aromatic carbocycles. The summed E-state index contributed by atoms with van der Waals surface area (Å²) in [5.74, 6) is 0. The molecular weight excluding hydrogens is 134 g/mol. The van der Waals surface area contributed by atoms with E-state index in [2.05, 4.69) is 11.6 Å². The fraction of sp³-hybridized carbons (Fsp3) is 0.571. The number of alkyl halides is 1. The average molecular weight is 146 g/mol. The van der Waals surface area contributed by atoms with Crippen molar-refractivity contribution in [2.24, 2.45) is 4.99 Å². The van der Waals surface area contributed by atoms with E-state index in [9.17, 15) is 0 Å². The molecule has 1 nitrogen and oxygen atoms in total. The Labute approximate surface area is 61.4 Å². The molecule has 2 heteroatoms. The summed E-state index contributed by atoms with van der Waals surface area (Å²) in [5, 5.41) is 0. The minimum atomic E-state index is -0.297. The Balaban J connectivity index is 3.84. The molecule has 0 aliphatic carbocycles. The molecule has 0 aliphatic rings. The highest BCUT2D eigenvalue weighted by atomic mass is 35.5. The van der Waals surface area contributed by atoms with Gasteiger partial charge in [0.2, 0.25) is 0 Å². The lowest BCUT2D eigenvalue weighted by atomic mass is 10.1. The lowest BCUT2D eigenvalue weighted by Gasteiger charge is -2.11. The first-order chi connectivity index (χ1) is 4.12. The Hall–Kier alpha value is -0.300. The van der Waals surface area contributed by atoms with Gasteiger partial charge in [0.05, 0.1) is 4.87 Å². The van der Waals surface area contributed by atoms with E-state index < -0.39 is 0 Å². The summed E-state index contributed by atoms with van der Waals surface area (Å²) in [6.07, 6.45) is 4.06. The van der Waals surface area contributed by atoms with Crippen molar-refractivity contribution in [1.82, 2.24) is 0 Å². The van der Waals surface area contributed by atoms with Crippen LogP contribution < -0.4 is 0 Å². The monoisotopic (exact) mass is 145 g/mol. The summed E-state index contributed by atoms with van der Waals surface area (Å²) in [4.78, 5) is 3.52. The predicted molar refractivity (Wildman–Crippen MR) is 43.2 cm³/mol. The van der Waals surface area contributed by atoms with E-state index >= 15 is 0 Å². The van der Waals surface area contributed by atoms with Gasteiger partial charge in [0.15, 0.2) is 0 Å². The summed E-state index contributed by atoms with van der Waals surface area (Å²) in [6, 6.07) is 0. The predicted octanol–water partition coefficient (Wildman–Crippen LogP) is 2.61. The van der Waals surface area contributed by atoms with E-state index in [-0.39, 0.29) is 4.87 Å². The van der Waals surface area contributed by atoms with Gasteiger partial charge in [-0.25, -0.2) is 0 Å². The van der Waals surface area contributed by atoms with Crippen LogP contribution >= 0.6 is 11.6 Å². The molecule has 9 heavy (non-hydrogen) atoms. The van der Waals surface area contributed by atoms with Crippen molar-refractivity contribution in [3.63, 3.8) is 0 Å². The van der Waals surface area contributed by atoms with E-state index in [4.69, 9.17) is 11.6 Å². The average Bonchev–Trinajstić information content (AvgIpc) is 1.84. The second-order valence-corrected chi connectivity index (χ2v) is 2.96. The van der Waals surface area contributed by atoms with Crippen LogP contribution in [0.1, 0.15) is 20.3 Å². The first kappa shape index (κ1) is 8.70. The van der Waals surface area contributed by atoms with Crippen molar-refractivity contribution in [2.75, 3.05) is 0 Å². The zero-order chi connectivity index (χ0) is 7.33. The van der Waals surface area contributed by atoms with Gasteiger partial charge in [-0.2, -0.15) is 0 Å². The van der Waals surface area contributed by atoms with E-state index in [1.54, 1.807) is 6.21 Å². The standard InChI is InChI=1S/C7H12ClN/c1-4-7(3,8)6-9-5-2/h5-6H,2,4H2,1,3H3/t7-/m1/s1. The zero-order valence-electron chi connectivity index (χ0n) is 5.89. The number of hydrogen-bond donors (Lipinski definition) is 0. The summed E-state index contributed by atoms with van der Waals surface area (Å²) in [6.45, 7) is 7.38. The van der Waals surface area contributed by atoms with Gasteiger partial charge >= 0.3 is 0 Å². The molecule has 0 rings (SSSR count). The smallest absolute Gasteiger partial charge is 0.0766 e. The number of nitrogens with zero attached hydrogens (tertiary/aromatic N) is 1. The van der Waals surface area contributed by atoms with Crippen LogP contribution in [0.5, 0.6) is 0 Å².